The summed E-state index contributed by atoms with van der Waals surface area (Å²) >= 11 is 0. The van der Waals surface area contributed by atoms with Gasteiger partial charge in [-0.2, -0.15) is 0 Å². The molecule has 0 aliphatic carbocycles. The highest BCUT2D eigenvalue weighted by atomic mass is 19.1. The number of aromatic hydroxyl groups is 1. The Morgan fingerprint density at radius 1 is 1.17 bits per heavy atom. The molecule has 9 nitrogen and oxygen atoms in total. The first kappa shape index (κ1) is 24.1. The van der Waals surface area contributed by atoms with Crippen molar-refractivity contribution in [3.05, 3.63) is 87.3 Å². The summed E-state index contributed by atoms with van der Waals surface area (Å²) in [7, 11) is 5.02. The highest BCUT2D eigenvalue weighted by Gasteiger charge is 2.38. The predicted octanol–water partition coefficient (Wildman–Crippen LogP) is 1.75. The van der Waals surface area contributed by atoms with Gasteiger partial charge in [0.2, 0.25) is 11.7 Å². The maximum absolute atomic E-state index is 13.2. The SMILES string of the molecule is CN(C)CC(=O)N1c2ccccc2CC1c1nc(C(=O)NCc2ccc(F)cc2)c(O)c(=O)n1C. The Balaban J connectivity index is 1.70. The summed E-state index contributed by atoms with van der Waals surface area (Å²) in [5.74, 6) is -1.94. The van der Waals surface area contributed by atoms with Crippen LogP contribution >= 0.6 is 0 Å². The van der Waals surface area contributed by atoms with Crippen LogP contribution < -0.4 is 15.8 Å². The summed E-state index contributed by atoms with van der Waals surface area (Å²) in [6.45, 7) is 0.189. The van der Waals surface area contributed by atoms with E-state index in [0.29, 0.717) is 17.7 Å². The van der Waals surface area contributed by atoms with Gasteiger partial charge in [-0.3, -0.25) is 19.0 Å². The van der Waals surface area contributed by atoms with Gasteiger partial charge in [0, 0.05) is 25.7 Å². The van der Waals surface area contributed by atoms with E-state index in [4.69, 9.17) is 0 Å². The van der Waals surface area contributed by atoms with Gasteiger partial charge in [-0.15, -0.1) is 0 Å². The zero-order valence-corrected chi connectivity index (χ0v) is 19.7. The smallest absolute Gasteiger partial charge is 0.296 e. The van der Waals surface area contributed by atoms with Crippen LogP contribution in [0.15, 0.2) is 53.3 Å². The third kappa shape index (κ3) is 4.78. The molecule has 2 aromatic carbocycles. The second-order valence-corrected chi connectivity index (χ2v) is 8.69. The zero-order valence-electron chi connectivity index (χ0n) is 19.7. The van der Waals surface area contributed by atoms with Crippen molar-refractivity contribution in [3.63, 3.8) is 0 Å². The maximum atomic E-state index is 13.2. The molecule has 0 saturated carbocycles. The Hall–Kier alpha value is -4.05. The maximum Gasteiger partial charge on any atom is 0.296 e. The van der Waals surface area contributed by atoms with Crippen molar-refractivity contribution in [1.29, 1.82) is 0 Å². The molecule has 1 aliphatic heterocycles. The number of benzene rings is 2. The number of para-hydroxylation sites is 1. The summed E-state index contributed by atoms with van der Waals surface area (Å²) in [6, 6.07) is 12.4. The lowest BCUT2D eigenvalue weighted by Gasteiger charge is -2.28. The lowest BCUT2D eigenvalue weighted by Crippen LogP contribution is -2.41. The molecule has 1 aliphatic rings. The number of hydrogen-bond donors (Lipinski definition) is 2. The minimum Gasteiger partial charge on any atom is -0.501 e. The fourth-order valence-corrected chi connectivity index (χ4v) is 4.18. The van der Waals surface area contributed by atoms with Gasteiger partial charge in [-0.1, -0.05) is 30.3 Å². The number of hydrogen-bond acceptors (Lipinski definition) is 6. The Morgan fingerprint density at radius 3 is 2.54 bits per heavy atom. The number of halogens is 1. The third-order valence-electron chi connectivity index (χ3n) is 5.88. The van der Waals surface area contributed by atoms with E-state index in [9.17, 15) is 23.9 Å². The summed E-state index contributed by atoms with van der Waals surface area (Å²) < 4.78 is 14.3. The molecule has 2 N–H and O–H groups in total. The van der Waals surface area contributed by atoms with E-state index in [1.54, 1.807) is 23.9 Å². The molecule has 1 unspecified atom stereocenters. The van der Waals surface area contributed by atoms with Crippen molar-refractivity contribution in [2.45, 2.75) is 19.0 Å². The van der Waals surface area contributed by atoms with Crippen molar-refractivity contribution in [2.75, 3.05) is 25.5 Å². The van der Waals surface area contributed by atoms with E-state index in [0.717, 1.165) is 5.56 Å². The van der Waals surface area contributed by atoms with E-state index in [1.165, 1.54) is 35.9 Å². The average molecular weight is 480 g/mol. The lowest BCUT2D eigenvalue weighted by molar-refractivity contribution is -0.119. The van der Waals surface area contributed by atoms with Crippen LogP contribution in [0.4, 0.5) is 10.1 Å². The van der Waals surface area contributed by atoms with Crippen molar-refractivity contribution >= 4 is 17.5 Å². The summed E-state index contributed by atoms with van der Waals surface area (Å²) in [6.07, 6.45) is 0.400. The quantitative estimate of drug-likeness (QED) is 0.558. The first-order valence-corrected chi connectivity index (χ1v) is 11.0. The fraction of sp³-hybridized carbons (Fsp3) is 0.280. The van der Waals surface area contributed by atoms with Crippen LogP contribution in [0.1, 0.15) is 33.5 Å². The number of nitrogens with zero attached hydrogens (tertiary/aromatic N) is 4. The molecule has 0 radical (unpaired) electrons. The van der Waals surface area contributed by atoms with E-state index in [2.05, 4.69) is 10.3 Å². The molecular weight excluding hydrogens is 453 g/mol. The van der Waals surface area contributed by atoms with Gasteiger partial charge in [-0.25, -0.2) is 9.37 Å². The molecule has 182 valence electrons. The number of aromatic nitrogens is 2. The lowest BCUT2D eigenvalue weighted by atomic mass is 10.1. The molecule has 2 heterocycles. The third-order valence-corrected chi connectivity index (χ3v) is 5.88. The van der Waals surface area contributed by atoms with Crippen LogP contribution in [0.25, 0.3) is 0 Å². The fourth-order valence-electron chi connectivity index (χ4n) is 4.18. The molecule has 2 amide bonds. The Bertz CT molecular complexity index is 1340. The van der Waals surface area contributed by atoms with Gasteiger partial charge in [0.1, 0.15) is 11.6 Å². The molecule has 10 heteroatoms. The largest absolute Gasteiger partial charge is 0.501 e. The normalized spacial score (nSPS) is 14.8. The van der Waals surface area contributed by atoms with E-state index >= 15 is 0 Å². The van der Waals surface area contributed by atoms with Gasteiger partial charge in [0.05, 0.1) is 12.6 Å². The second-order valence-electron chi connectivity index (χ2n) is 8.69. The van der Waals surface area contributed by atoms with Crippen LogP contribution in [0.3, 0.4) is 0 Å². The predicted molar refractivity (Wildman–Crippen MR) is 128 cm³/mol. The van der Waals surface area contributed by atoms with Gasteiger partial charge in [0.25, 0.3) is 11.5 Å². The summed E-state index contributed by atoms with van der Waals surface area (Å²) in [5.41, 5.74) is 1.04. The molecule has 3 aromatic rings. The minimum atomic E-state index is -0.794. The molecule has 35 heavy (non-hydrogen) atoms. The minimum absolute atomic E-state index is 0.0487. The number of likely N-dealkylation sites (N-methyl/N-ethyl adjacent to an activating group) is 1. The first-order valence-electron chi connectivity index (χ1n) is 11.0. The van der Waals surface area contributed by atoms with Crippen molar-refractivity contribution in [2.24, 2.45) is 7.05 Å². The molecule has 0 saturated heterocycles. The monoisotopic (exact) mass is 479 g/mol. The molecule has 1 aromatic heterocycles. The summed E-state index contributed by atoms with van der Waals surface area (Å²) in [4.78, 5) is 46.6. The van der Waals surface area contributed by atoms with Gasteiger partial charge in [0.15, 0.2) is 5.69 Å². The van der Waals surface area contributed by atoms with E-state index in [1.807, 2.05) is 24.3 Å². The van der Waals surface area contributed by atoms with Crippen LogP contribution in [-0.2, 0) is 24.8 Å². The first-order chi connectivity index (χ1) is 16.7. The van der Waals surface area contributed by atoms with Crippen LogP contribution in [-0.4, -0.2) is 52.0 Å². The molecular formula is C25H26FN5O4. The summed E-state index contributed by atoms with van der Waals surface area (Å²) in [5, 5.41) is 13.0. The Morgan fingerprint density at radius 2 is 1.86 bits per heavy atom. The molecule has 1 atom stereocenters. The van der Waals surface area contributed by atoms with Crippen molar-refractivity contribution in [3.8, 4) is 5.75 Å². The van der Waals surface area contributed by atoms with Crippen LogP contribution in [0.2, 0.25) is 0 Å². The molecule has 4 rings (SSSR count). The van der Waals surface area contributed by atoms with Crippen molar-refractivity contribution < 1.29 is 19.1 Å². The number of anilines is 1. The second kappa shape index (κ2) is 9.67. The number of amides is 2. The number of rotatable bonds is 6. The number of nitrogens with one attached hydrogen (secondary N) is 1. The standard InChI is InChI=1S/C25H26FN5O4/c1-29(2)14-20(32)31-18-7-5-4-6-16(18)12-19(31)23-28-21(22(33)25(35)30(23)3)24(34)27-13-15-8-10-17(26)11-9-15/h4-11,19,33H,12-14H2,1-3H3,(H,27,34). The highest BCUT2D eigenvalue weighted by molar-refractivity contribution is 5.98. The van der Waals surface area contributed by atoms with Gasteiger partial charge >= 0.3 is 0 Å². The van der Waals surface area contributed by atoms with Crippen LogP contribution in [0, 0.1) is 5.82 Å². The van der Waals surface area contributed by atoms with Crippen molar-refractivity contribution in [1.82, 2.24) is 19.8 Å². The number of carbonyl (C=O) groups excluding carboxylic acids is 2. The zero-order chi connectivity index (χ0) is 25.3. The molecule has 0 bridgehead atoms. The van der Waals surface area contributed by atoms with Gasteiger partial charge < -0.3 is 20.2 Å². The molecule has 0 spiro atoms. The highest BCUT2D eigenvalue weighted by Crippen LogP contribution is 2.39. The van der Waals surface area contributed by atoms with Gasteiger partial charge in [-0.05, 0) is 43.4 Å². The molecule has 0 fully saturated rings. The topological polar surface area (TPSA) is 108 Å². The number of carbonyl (C=O) groups is 2. The number of fused-ring (bicyclic) bond motifs is 1. The Labute approximate surface area is 201 Å². The van der Waals surface area contributed by atoms with E-state index < -0.39 is 34.8 Å². The van der Waals surface area contributed by atoms with E-state index in [-0.39, 0.29) is 24.8 Å². The average Bonchev–Trinajstić information content (AvgIpc) is 3.21. The van der Waals surface area contributed by atoms with Crippen LogP contribution in [0.5, 0.6) is 5.75 Å². The Kier molecular flexibility index (Phi) is 6.65.